The van der Waals surface area contributed by atoms with E-state index in [4.69, 9.17) is 5.11 Å². The minimum absolute atomic E-state index is 0.104. The molecule has 0 aliphatic rings. The zero-order valence-corrected chi connectivity index (χ0v) is 11.9. The SMILES string of the molecule is CC[C@H](C)[C@H](NC(=O)c1ccc(C)c(C)c1)C(=O)O. The van der Waals surface area contributed by atoms with Crippen LogP contribution >= 0.6 is 0 Å². The van der Waals surface area contributed by atoms with Crippen molar-refractivity contribution in [3.8, 4) is 0 Å². The van der Waals surface area contributed by atoms with E-state index >= 15 is 0 Å². The fourth-order valence-corrected chi connectivity index (χ4v) is 1.79. The van der Waals surface area contributed by atoms with Crippen molar-refractivity contribution < 1.29 is 14.7 Å². The molecule has 1 aromatic carbocycles. The molecule has 0 unspecified atom stereocenters. The highest BCUT2D eigenvalue weighted by molar-refractivity contribution is 5.96. The number of carbonyl (C=O) groups excluding carboxylic acids is 1. The third-order valence-corrected chi connectivity index (χ3v) is 3.53. The van der Waals surface area contributed by atoms with Crippen LogP contribution in [0.15, 0.2) is 18.2 Å². The first kappa shape index (κ1) is 15.2. The van der Waals surface area contributed by atoms with Gasteiger partial charge in [0.2, 0.25) is 0 Å². The quantitative estimate of drug-likeness (QED) is 0.858. The van der Waals surface area contributed by atoms with Crippen molar-refractivity contribution in [3.63, 3.8) is 0 Å². The minimum atomic E-state index is -0.994. The normalized spacial score (nSPS) is 13.7. The Balaban J connectivity index is 2.87. The second-order valence-electron chi connectivity index (χ2n) is 4.97. The molecule has 1 aromatic rings. The highest BCUT2D eigenvalue weighted by Gasteiger charge is 2.25. The molecule has 4 nitrogen and oxygen atoms in total. The Morgan fingerprint density at radius 3 is 2.37 bits per heavy atom. The van der Waals surface area contributed by atoms with Gasteiger partial charge in [0.1, 0.15) is 6.04 Å². The van der Waals surface area contributed by atoms with Gasteiger partial charge in [0, 0.05) is 5.56 Å². The highest BCUT2D eigenvalue weighted by Crippen LogP contribution is 2.12. The first-order valence-corrected chi connectivity index (χ1v) is 6.47. The predicted octanol–water partition coefficient (Wildman–Crippen LogP) is 2.53. The van der Waals surface area contributed by atoms with Crippen LogP contribution in [0.25, 0.3) is 0 Å². The van der Waals surface area contributed by atoms with E-state index < -0.39 is 12.0 Å². The molecule has 0 bridgehead atoms. The lowest BCUT2D eigenvalue weighted by Crippen LogP contribution is -2.45. The lowest BCUT2D eigenvalue weighted by Gasteiger charge is -2.20. The van der Waals surface area contributed by atoms with Crippen LogP contribution in [-0.2, 0) is 4.79 Å². The molecule has 0 spiro atoms. The Hall–Kier alpha value is -1.84. The van der Waals surface area contributed by atoms with Crippen LogP contribution in [0.5, 0.6) is 0 Å². The molecule has 2 atom stereocenters. The first-order valence-electron chi connectivity index (χ1n) is 6.47. The highest BCUT2D eigenvalue weighted by atomic mass is 16.4. The average molecular weight is 263 g/mol. The molecular formula is C15H21NO3. The van der Waals surface area contributed by atoms with Crippen LogP contribution in [0.3, 0.4) is 0 Å². The number of rotatable bonds is 5. The summed E-state index contributed by atoms with van der Waals surface area (Å²) in [7, 11) is 0. The molecular weight excluding hydrogens is 242 g/mol. The number of carbonyl (C=O) groups is 2. The van der Waals surface area contributed by atoms with Gasteiger partial charge in [-0.25, -0.2) is 4.79 Å². The summed E-state index contributed by atoms with van der Waals surface area (Å²) in [6, 6.07) is 4.51. The monoisotopic (exact) mass is 263 g/mol. The predicted molar refractivity (Wildman–Crippen MR) is 74.3 cm³/mol. The number of carboxylic acids is 1. The number of benzene rings is 1. The molecule has 19 heavy (non-hydrogen) atoms. The number of aliphatic carboxylic acids is 1. The van der Waals surface area contributed by atoms with Gasteiger partial charge in [0.05, 0.1) is 0 Å². The maximum absolute atomic E-state index is 12.1. The van der Waals surface area contributed by atoms with E-state index in [2.05, 4.69) is 5.32 Å². The van der Waals surface area contributed by atoms with E-state index in [1.165, 1.54) is 0 Å². The molecule has 0 aliphatic carbocycles. The first-order chi connectivity index (χ1) is 8.86. The maximum atomic E-state index is 12.1. The van der Waals surface area contributed by atoms with Gasteiger partial charge in [-0.15, -0.1) is 0 Å². The Labute approximate surface area is 113 Å². The van der Waals surface area contributed by atoms with Gasteiger partial charge in [-0.3, -0.25) is 4.79 Å². The van der Waals surface area contributed by atoms with Gasteiger partial charge in [-0.1, -0.05) is 26.3 Å². The Morgan fingerprint density at radius 2 is 1.89 bits per heavy atom. The van der Waals surface area contributed by atoms with Gasteiger partial charge < -0.3 is 10.4 Å². The number of aryl methyl sites for hydroxylation is 2. The van der Waals surface area contributed by atoms with Crippen LogP contribution in [0.4, 0.5) is 0 Å². The van der Waals surface area contributed by atoms with Gasteiger partial charge in [0.25, 0.3) is 5.91 Å². The molecule has 0 aromatic heterocycles. The van der Waals surface area contributed by atoms with E-state index in [1.807, 2.05) is 33.8 Å². The molecule has 2 N–H and O–H groups in total. The summed E-state index contributed by atoms with van der Waals surface area (Å²) in [5.41, 5.74) is 2.62. The van der Waals surface area contributed by atoms with Crippen molar-refractivity contribution in [2.45, 2.75) is 40.2 Å². The van der Waals surface area contributed by atoms with Crippen molar-refractivity contribution in [2.24, 2.45) is 5.92 Å². The van der Waals surface area contributed by atoms with Crippen molar-refractivity contribution in [2.75, 3.05) is 0 Å². The van der Waals surface area contributed by atoms with Crippen molar-refractivity contribution in [3.05, 3.63) is 34.9 Å². The van der Waals surface area contributed by atoms with E-state index in [9.17, 15) is 9.59 Å². The van der Waals surface area contributed by atoms with Crippen molar-refractivity contribution in [1.82, 2.24) is 5.32 Å². The lowest BCUT2D eigenvalue weighted by atomic mass is 9.98. The van der Waals surface area contributed by atoms with Crippen LogP contribution < -0.4 is 5.32 Å². The average Bonchev–Trinajstić information content (AvgIpc) is 2.37. The third kappa shape index (κ3) is 3.81. The molecule has 0 radical (unpaired) electrons. The molecule has 1 amide bonds. The Kier molecular flexibility index (Phi) is 5.10. The number of amides is 1. The zero-order chi connectivity index (χ0) is 14.6. The molecule has 0 saturated heterocycles. The van der Waals surface area contributed by atoms with E-state index in [-0.39, 0.29) is 11.8 Å². The fourth-order valence-electron chi connectivity index (χ4n) is 1.79. The molecule has 0 aliphatic heterocycles. The van der Waals surface area contributed by atoms with E-state index in [0.29, 0.717) is 12.0 Å². The Morgan fingerprint density at radius 1 is 1.26 bits per heavy atom. The van der Waals surface area contributed by atoms with Crippen molar-refractivity contribution in [1.29, 1.82) is 0 Å². The number of carboxylic acid groups (broad SMARTS) is 1. The molecule has 0 fully saturated rings. The molecule has 0 heterocycles. The topological polar surface area (TPSA) is 66.4 Å². The Bertz CT molecular complexity index is 482. The molecule has 0 saturated carbocycles. The summed E-state index contributed by atoms with van der Waals surface area (Å²) in [5.74, 6) is -1.43. The number of hydrogen-bond donors (Lipinski definition) is 2. The summed E-state index contributed by atoms with van der Waals surface area (Å²) in [6.07, 6.45) is 0.699. The lowest BCUT2D eigenvalue weighted by molar-refractivity contribution is -0.140. The van der Waals surface area contributed by atoms with Crippen LogP contribution in [0, 0.1) is 19.8 Å². The largest absolute Gasteiger partial charge is 0.480 e. The van der Waals surface area contributed by atoms with Gasteiger partial charge in [0.15, 0.2) is 0 Å². The standard InChI is InChI=1S/C15H21NO3/c1-5-9(2)13(15(18)19)16-14(17)12-7-6-10(3)11(4)8-12/h6-9,13H,5H2,1-4H3,(H,16,17)(H,18,19)/t9-,13-/m0/s1. The van der Waals surface area contributed by atoms with Gasteiger partial charge in [-0.2, -0.15) is 0 Å². The zero-order valence-electron chi connectivity index (χ0n) is 11.9. The van der Waals surface area contributed by atoms with Gasteiger partial charge >= 0.3 is 5.97 Å². The van der Waals surface area contributed by atoms with Crippen LogP contribution in [0.2, 0.25) is 0 Å². The van der Waals surface area contributed by atoms with Gasteiger partial charge in [-0.05, 0) is 43.0 Å². The molecule has 104 valence electrons. The summed E-state index contributed by atoms with van der Waals surface area (Å²) < 4.78 is 0. The van der Waals surface area contributed by atoms with Crippen molar-refractivity contribution >= 4 is 11.9 Å². The van der Waals surface area contributed by atoms with E-state index in [0.717, 1.165) is 11.1 Å². The van der Waals surface area contributed by atoms with E-state index in [1.54, 1.807) is 12.1 Å². The molecule has 4 heteroatoms. The summed E-state index contributed by atoms with van der Waals surface area (Å²) >= 11 is 0. The molecule has 1 rings (SSSR count). The van der Waals surface area contributed by atoms with Crippen LogP contribution in [-0.4, -0.2) is 23.0 Å². The van der Waals surface area contributed by atoms with Crippen LogP contribution in [0.1, 0.15) is 41.8 Å². The minimum Gasteiger partial charge on any atom is -0.480 e. The maximum Gasteiger partial charge on any atom is 0.326 e. The number of hydrogen-bond acceptors (Lipinski definition) is 2. The summed E-state index contributed by atoms with van der Waals surface area (Å²) in [5, 5.41) is 11.7. The number of nitrogens with one attached hydrogen (secondary N) is 1. The summed E-state index contributed by atoms with van der Waals surface area (Å²) in [4.78, 5) is 23.2. The third-order valence-electron chi connectivity index (χ3n) is 3.53. The fraction of sp³-hybridized carbons (Fsp3) is 0.467. The smallest absolute Gasteiger partial charge is 0.326 e. The second kappa shape index (κ2) is 6.36. The second-order valence-corrected chi connectivity index (χ2v) is 4.97. The summed E-state index contributed by atoms with van der Waals surface area (Å²) in [6.45, 7) is 7.62.